The zero-order valence-corrected chi connectivity index (χ0v) is 41.1. The molecule has 1 heterocycles. The highest BCUT2D eigenvalue weighted by Gasteiger charge is 2.38. The van der Waals surface area contributed by atoms with Crippen LogP contribution in [0.15, 0.2) is 237 Å². The summed E-state index contributed by atoms with van der Waals surface area (Å²) in [5, 5.41) is 6.77. The van der Waals surface area contributed by atoms with E-state index in [4.69, 9.17) is 0 Å². The molecule has 346 valence electrons. The summed E-state index contributed by atoms with van der Waals surface area (Å²) in [6, 6.07) is 88.5. The molecule has 0 saturated carbocycles. The molecule has 0 spiro atoms. The summed E-state index contributed by atoms with van der Waals surface area (Å²) in [5.74, 6) is 0.493. The molecule has 2 heteroatoms. The van der Waals surface area contributed by atoms with Gasteiger partial charge in [-0.1, -0.05) is 190 Å². The second-order valence-electron chi connectivity index (χ2n) is 21.1. The molecule has 0 amide bonds. The molecular weight excluding hydrogens is 881 g/mol. The number of benzene rings is 11. The highest BCUT2D eigenvalue weighted by atomic mass is 15.1. The Labute approximate surface area is 427 Å². The maximum atomic E-state index is 2.63. The van der Waals surface area contributed by atoms with E-state index in [1.807, 2.05) is 0 Å². The lowest BCUT2D eigenvalue weighted by molar-refractivity contribution is 0.597. The third-order valence-corrected chi connectivity index (χ3v) is 16.8. The van der Waals surface area contributed by atoms with E-state index < -0.39 is 0 Å². The minimum atomic E-state index is -0.238. The quantitative estimate of drug-likeness (QED) is 0.155. The molecule has 1 aromatic heterocycles. The predicted molar refractivity (Wildman–Crippen MR) is 307 cm³/mol. The number of hydrogen-bond donors (Lipinski definition) is 0. The van der Waals surface area contributed by atoms with Crippen molar-refractivity contribution in [2.45, 2.75) is 44.4 Å². The summed E-state index contributed by atoms with van der Waals surface area (Å²) in [6.45, 7) is 4.83. The Hall–Kier alpha value is -8.72. The van der Waals surface area contributed by atoms with Gasteiger partial charge in [0.05, 0.1) is 11.2 Å². The van der Waals surface area contributed by atoms with Crippen LogP contribution in [-0.4, -0.2) is 4.57 Å². The third kappa shape index (κ3) is 6.49. The predicted octanol–water partition coefficient (Wildman–Crippen LogP) is 19.0. The van der Waals surface area contributed by atoms with E-state index in [1.165, 1.54) is 123 Å². The molecule has 0 aliphatic heterocycles. The Morgan fingerprint density at radius 1 is 0.438 bits per heavy atom. The Balaban J connectivity index is 0.848. The first kappa shape index (κ1) is 42.0. The Morgan fingerprint density at radius 2 is 1.00 bits per heavy atom. The van der Waals surface area contributed by atoms with E-state index in [0.717, 1.165) is 29.9 Å². The monoisotopic (exact) mass is 932 g/mol. The van der Waals surface area contributed by atoms with Crippen LogP contribution in [0.5, 0.6) is 0 Å². The highest BCUT2D eigenvalue weighted by molar-refractivity contribution is 6.08. The number of anilines is 3. The topological polar surface area (TPSA) is 8.17 Å². The molecule has 3 aliphatic rings. The van der Waals surface area contributed by atoms with E-state index in [2.05, 4.69) is 260 Å². The number of aryl methyl sites for hydroxylation is 1. The molecule has 1 unspecified atom stereocenters. The fraction of sp³-hybridized carbons (Fsp3) is 0.0986. The first-order chi connectivity index (χ1) is 35.9. The largest absolute Gasteiger partial charge is 0.312 e. The van der Waals surface area contributed by atoms with Crippen molar-refractivity contribution in [3.63, 3.8) is 0 Å². The molecule has 0 fully saturated rings. The maximum Gasteiger partial charge on any atom is 0.0538 e. The van der Waals surface area contributed by atoms with Crippen molar-refractivity contribution >= 4 is 49.5 Å². The van der Waals surface area contributed by atoms with E-state index in [1.54, 1.807) is 5.56 Å². The summed E-state index contributed by atoms with van der Waals surface area (Å²) in [5.41, 5.74) is 25.7. The van der Waals surface area contributed by atoms with Gasteiger partial charge in [0.15, 0.2) is 0 Å². The zero-order chi connectivity index (χ0) is 48.4. The minimum Gasteiger partial charge on any atom is -0.312 e. The van der Waals surface area contributed by atoms with Gasteiger partial charge >= 0.3 is 0 Å². The van der Waals surface area contributed by atoms with Crippen LogP contribution < -0.4 is 4.90 Å². The van der Waals surface area contributed by atoms with Gasteiger partial charge in [0.25, 0.3) is 0 Å². The number of rotatable bonds is 7. The van der Waals surface area contributed by atoms with Crippen molar-refractivity contribution < 1.29 is 0 Å². The van der Waals surface area contributed by atoms with Gasteiger partial charge in [-0.3, -0.25) is 0 Å². The number of hydrogen-bond acceptors (Lipinski definition) is 1. The number of fused-ring (bicyclic) bond motifs is 8. The summed E-state index contributed by atoms with van der Waals surface area (Å²) < 4.78 is 2.63. The molecule has 0 saturated heterocycles. The Bertz CT molecular complexity index is 4090. The van der Waals surface area contributed by atoms with E-state index in [9.17, 15) is 0 Å². The SMILES string of the molecule is CC1(C)c2cc(-c3ccc4c(c3)c3c(n4-c4cccc5ccccc45)CC4CCc5cccc6ccc-3c4c56)ccc2-c2ccc(N(c3ccc(-c4ccccc4)cc3)c3ccc(-c4ccccc4)cc3)cc21. The molecule has 73 heavy (non-hydrogen) atoms. The molecule has 3 aliphatic carbocycles. The lowest BCUT2D eigenvalue weighted by Crippen LogP contribution is -2.18. The average molecular weight is 933 g/mol. The Kier molecular flexibility index (Phi) is 9.29. The van der Waals surface area contributed by atoms with Crippen LogP contribution in [0.4, 0.5) is 17.1 Å². The van der Waals surface area contributed by atoms with Crippen molar-refractivity contribution in [1.29, 1.82) is 0 Å². The summed E-state index contributed by atoms with van der Waals surface area (Å²) >= 11 is 0. The lowest BCUT2D eigenvalue weighted by atomic mass is 9.72. The van der Waals surface area contributed by atoms with Crippen molar-refractivity contribution in [1.82, 2.24) is 4.57 Å². The normalized spacial score (nSPS) is 14.8. The second-order valence-corrected chi connectivity index (χ2v) is 21.1. The van der Waals surface area contributed by atoms with Gasteiger partial charge < -0.3 is 9.47 Å². The van der Waals surface area contributed by atoms with E-state index in [-0.39, 0.29) is 5.41 Å². The van der Waals surface area contributed by atoms with Gasteiger partial charge in [0, 0.05) is 44.5 Å². The van der Waals surface area contributed by atoms with Crippen LogP contribution in [0.3, 0.4) is 0 Å². The maximum absolute atomic E-state index is 2.63. The molecule has 1 atom stereocenters. The van der Waals surface area contributed by atoms with Crippen molar-refractivity contribution in [2.75, 3.05) is 4.90 Å². The smallest absolute Gasteiger partial charge is 0.0538 e. The third-order valence-electron chi connectivity index (χ3n) is 16.8. The van der Waals surface area contributed by atoms with Gasteiger partial charge in [-0.05, 0) is 174 Å². The Morgan fingerprint density at radius 3 is 1.74 bits per heavy atom. The molecule has 0 bridgehead atoms. The van der Waals surface area contributed by atoms with Crippen molar-refractivity contribution in [3.05, 3.63) is 265 Å². The van der Waals surface area contributed by atoms with Gasteiger partial charge in [-0.15, -0.1) is 0 Å². The number of aromatic nitrogens is 1. The van der Waals surface area contributed by atoms with Crippen LogP contribution >= 0.6 is 0 Å². The molecule has 2 nitrogen and oxygen atoms in total. The average Bonchev–Trinajstić information content (AvgIpc) is 3.90. The van der Waals surface area contributed by atoms with Crippen LogP contribution in [0.2, 0.25) is 0 Å². The fourth-order valence-corrected chi connectivity index (χ4v) is 13.3. The summed E-state index contributed by atoms with van der Waals surface area (Å²) in [4.78, 5) is 2.42. The van der Waals surface area contributed by atoms with E-state index >= 15 is 0 Å². The molecule has 0 radical (unpaired) electrons. The molecule has 11 aromatic carbocycles. The van der Waals surface area contributed by atoms with Crippen LogP contribution in [-0.2, 0) is 18.3 Å². The summed E-state index contributed by atoms with van der Waals surface area (Å²) in [7, 11) is 0. The lowest BCUT2D eigenvalue weighted by Gasteiger charge is -2.33. The van der Waals surface area contributed by atoms with Gasteiger partial charge in [-0.25, -0.2) is 0 Å². The first-order valence-corrected chi connectivity index (χ1v) is 26.1. The van der Waals surface area contributed by atoms with Crippen molar-refractivity contribution in [3.8, 4) is 61.3 Å². The molecule has 0 N–H and O–H groups in total. The molecule has 12 aromatic rings. The molecule has 15 rings (SSSR count). The standard InChI is InChI=1S/C71H52N2/c1-71(2)63-42-53(30-37-59(63)60-39-36-57(44-64(60)71)72(55-32-25-47(26-33-55)45-13-5-3-6-14-45)56-34-27-48(28-35-56)46-15-7-4-8-16-46)52-31-40-66-62(41-52)70-61-38-29-51-20-11-19-50-23-24-54(69(61)68(50)51)43-67(70)73(66)65-22-12-18-49-17-9-10-21-58(49)65/h3-22,25-42,44,54H,23-24,43H2,1-2H3. The van der Waals surface area contributed by atoms with Gasteiger partial charge in [0.1, 0.15) is 0 Å². The van der Waals surface area contributed by atoms with Crippen LogP contribution in [0.25, 0.3) is 93.8 Å². The van der Waals surface area contributed by atoms with Crippen LogP contribution in [0, 0.1) is 0 Å². The zero-order valence-electron chi connectivity index (χ0n) is 41.1. The van der Waals surface area contributed by atoms with Gasteiger partial charge in [0.2, 0.25) is 0 Å². The first-order valence-electron chi connectivity index (χ1n) is 26.1. The molecular formula is C71H52N2. The second kappa shape index (κ2) is 16.2. The fourth-order valence-electron chi connectivity index (χ4n) is 13.3. The highest BCUT2D eigenvalue weighted by Crippen LogP contribution is 2.55. The summed E-state index contributed by atoms with van der Waals surface area (Å²) in [6.07, 6.45) is 3.35. The van der Waals surface area contributed by atoms with Crippen LogP contribution in [0.1, 0.15) is 54.1 Å². The minimum absolute atomic E-state index is 0.238. The van der Waals surface area contributed by atoms with E-state index in [0.29, 0.717) is 5.92 Å². The van der Waals surface area contributed by atoms with Crippen molar-refractivity contribution in [2.24, 2.45) is 0 Å². The number of nitrogens with zero attached hydrogens (tertiary/aromatic N) is 2. The van der Waals surface area contributed by atoms with Gasteiger partial charge in [-0.2, -0.15) is 0 Å².